The van der Waals surface area contributed by atoms with Crippen molar-refractivity contribution in [1.29, 1.82) is 0 Å². The van der Waals surface area contributed by atoms with Crippen molar-refractivity contribution in [3.05, 3.63) is 45.3 Å². The lowest BCUT2D eigenvalue weighted by atomic mass is 10.3. The molecule has 0 fully saturated rings. The Morgan fingerprint density at radius 3 is 2.75 bits per heavy atom. The van der Waals surface area contributed by atoms with E-state index in [0.29, 0.717) is 10.6 Å². The third-order valence-electron chi connectivity index (χ3n) is 2.58. The zero-order chi connectivity index (χ0) is 14.7. The van der Waals surface area contributed by atoms with Crippen LogP contribution >= 0.6 is 23.1 Å². The lowest BCUT2D eigenvalue weighted by Gasteiger charge is -2.07. The normalized spacial score (nSPS) is 12.2. The second-order valence-corrected chi connectivity index (χ2v) is 5.90. The number of para-hydroxylation sites is 1. The van der Waals surface area contributed by atoms with E-state index in [4.69, 9.17) is 4.74 Å². The zero-order valence-corrected chi connectivity index (χ0v) is 12.5. The molecule has 0 unspecified atom stereocenters. The van der Waals surface area contributed by atoms with Gasteiger partial charge in [-0.3, -0.25) is 10.1 Å². The summed E-state index contributed by atoms with van der Waals surface area (Å²) in [4.78, 5) is 12.0. The Morgan fingerprint density at radius 1 is 1.45 bits per heavy atom. The molecular formula is C13H13NO4S2. The van der Waals surface area contributed by atoms with Crippen molar-refractivity contribution in [2.75, 3.05) is 6.26 Å². The first-order valence-electron chi connectivity index (χ1n) is 5.80. The summed E-state index contributed by atoms with van der Waals surface area (Å²) in [6.45, 7) is 1.56. The van der Waals surface area contributed by atoms with Gasteiger partial charge in [0.15, 0.2) is 0 Å². The quantitative estimate of drug-likeness (QED) is 0.508. The standard InChI is InChI=1S/C13H13NO4S2/c1-8(15)12-7-9(14(16)17)13(20-12)18-10-5-3-4-6-11(10)19-2/h3-8,15H,1-2H3/t8-/m1/s1. The minimum atomic E-state index is -0.758. The average molecular weight is 311 g/mol. The summed E-state index contributed by atoms with van der Waals surface area (Å²) in [5.41, 5.74) is -0.123. The Morgan fingerprint density at radius 2 is 2.15 bits per heavy atom. The molecule has 0 spiro atoms. The lowest BCUT2D eigenvalue weighted by molar-refractivity contribution is -0.385. The molecule has 0 aliphatic carbocycles. The Hall–Kier alpha value is -1.57. The van der Waals surface area contributed by atoms with Gasteiger partial charge in [-0.1, -0.05) is 23.5 Å². The van der Waals surface area contributed by atoms with Gasteiger partial charge in [0.2, 0.25) is 0 Å². The van der Waals surface area contributed by atoms with Crippen molar-refractivity contribution in [3.8, 4) is 10.8 Å². The molecule has 0 aliphatic rings. The third kappa shape index (κ3) is 3.12. The Bertz CT molecular complexity index is 625. The van der Waals surface area contributed by atoms with Gasteiger partial charge in [0.05, 0.1) is 11.0 Å². The first-order valence-corrected chi connectivity index (χ1v) is 7.84. The van der Waals surface area contributed by atoms with Gasteiger partial charge in [0, 0.05) is 15.8 Å². The molecule has 2 aromatic rings. The molecule has 1 aromatic carbocycles. The molecule has 0 aliphatic heterocycles. The molecule has 1 heterocycles. The number of ether oxygens (including phenoxy) is 1. The molecule has 0 amide bonds. The Labute approximate surface area is 124 Å². The largest absolute Gasteiger partial charge is 0.439 e. The van der Waals surface area contributed by atoms with E-state index in [1.807, 2.05) is 24.5 Å². The third-order valence-corrected chi connectivity index (χ3v) is 4.53. The fraction of sp³-hybridized carbons (Fsp3) is 0.231. The maximum Gasteiger partial charge on any atom is 0.323 e. The maximum atomic E-state index is 11.0. The number of thioether (sulfide) groups is 1. The fourth-order valence-corrected chi connectivity index (χ4v) is 3.04. The van der Waals surface area contributed by atoms with Crippen molar-refractivity contribution < 1.29 is 14.8 Å². The Kier molecular flexibility index (Phi) is 4.64. The molecule has 0 saturated heterocycles. The highest BCUT2D eigenvalue weighted by molar-refractivity contribution is 7.98. The van der Waals surface area contributed by atoms with E-state index in [2.05, 4.69) is 0 Å². The average Bonchev–Trinajstić information content (AvgIpc) is 2.84. The van der Waals surface area contributed by atoms with Crippen LogP contribution in [0.25, 0.3) is 0 Å². The molecule has 1 N–H and O–H groups in total. The van der Waals surface area contributed by atoms with Crippen LogP contribution in [0, 0.1) is 10.1 Å². The maximum absolute atomic E-state index is 11.0. The summed E-state index contributed by atoms with van der Waals surface area (Å²) >= 11 is 2.59. The Balaban J connectivity index is 2.39. The van der Waals surface area contributed by atoms with E-state index in [0.717, 1.165) is 16.2 Å². The van der Waals surface area contributed by atoms with Gasteiger partial charge < -0.3 is 9.84 Å². The minimum absolute atomic E-state index is 0.123. The highest BCUT2D eigenvalue weighted by atomic mass is 32.2. The van der Waals surface area contributed by atoms with E-state index >= 15 is 0 Å². The van der Waals surface area contributed by atoms with Gasteiger partial charge >= 0.3 is 5.69 Å². The SMILES string of the molecule is CSc1ccccc1Oc1sc([C@@H](C)O)cc1[N+](=O)[O-]. The van der Waals surface area contributed by atoms with Crippen LogP contribution in [0.3, 0.4) is 0 Å². The predicted molar refractivity (Wildman–Crippen MR) is 79.9 cm³/mol. The second-order valence-electron chi connectivity index (χ2n) is 4.01. The predicted octanol–water partition coefficient (Wildman–Crippen LogP) is 4.22. The van der Waals surface area contributed by atoms with Gasteiger partial charge in [-0.05, 0) is 25.3 Å². The summed E-state index contributed by atoms with van der Waals surface area (Å²) in [5, 5.41) is 20.8. The second kappa shape index (κ2) is 6.25. The van der Waals surface area contributed by atoms with Gasteiger partial charge in [-0.2, -0.15) is 0 Å². The van der Waals surface area contributed by atoms with Gasteiger partial charge in [0.25, 0.3) is 5.06 Å². The van der Waals surface area contributed by atoms with Crippen molar-refractivity contribution in [2.24, 2.45) is 0 Å². The minimum Gasteiger partial charge on any atom is -0.439 e. The summed E-state index contributed by atoms with van der Waals surface area (Å²) in [6, 6.07) is 8.69. The topological polar surface area (TPSA) is 72.6 Å². The smallest absolute Gasteiger partial charge is 0.323 e. The van der Waals surface area contributed by atoms with Crippen molar-refractivity contribution in [2.45, 2.75) is 17.9 Å². The van der Waals surface area contributed by atoms with E-state index < -0.39 is 11.0 Å². The number of thiophene rings is 1. The van der Waals surface area contributed by atoms with Crippen LogP contribution in [-0.4, -0.2) is 16.3 Å². The molecular weight excluding hydrogens is 298 g/mol. The van der Waals surface area contributed by atoms with Crippen LogP contribution in [0.5, 0.6) is 10.8 Å². The number of aliphatic hydroxyl groups is 1. The van der Waals surface area contributed by atoms with Crippen LogP contribution in [0.15, 0.2) is 35.2 Å². The number of rotatable bonds is 5. The van der Waals surface area contributed by atoms with Crippen LogP contribution in [0.2, 0.25) is 0 Å². The van der Waals surface area contributed by atoms with Gasteiger partial charge in [0.1, 0.15) is 5.75 Å². The highest BCUT2D eigenvalue weighted by Gasteiger charge is 2.23. The summed E-state index contributed by atoms with van der Waals surface area (Å²) in [7, 11) is 0. The van der Waals surface area contributed by atoms with Crippen LogP contribution in [-0.2, 0) is 0 Å². The van der Waals surface area contributed by atoms with Crippen LogP contribution < -0.4 is 4.74 Å². The molecule has 0 saturated carbocycles. The van der Waals surface area contributed by atoms with Gasteiger partial charge in [-0.15, -0.1) is 11.8 Å². The van der Waals surface area contributed by atoms with Crippen LogP contribution in [0.1, 0.15) is 17.9 Å². The highest BCUT2D eigenvalue weighted by Crippen LogP contribution is 2.43. The number of hydrogen-bond donors (Lipinski definition) is 1. The number of benzene rings is 1. The molecule has 7 heteroatoms. The molecule has 106 valence electrons. The van der Waals surface area contributed by atoms with Crippen molar-refractivity contribution in [1.82, 2.24) is 0 Å². The number of nitrogens with zero attached hydrogens (tertiary/aromatic N) is 1. The molecule has 20 heavy (non-hydrogen) atoms. The first kappa shape index (κ1) is 14.8. The molecule has 0 bridgehead atoms. The van der Waals surface area contributed by atoms with Crippen molar-refractivity contribution >= 4 is 28.8 Å². The summed E-state index contributed by atoms with van der Waals surface area (Å²) in [5.74, 6) is 0.571. The molecule has 1 atom stereocenters. The molecule has 2 rings (SSSR count). The molecule has 1 aromatic heterocycles. The van der Waals surface area contributed by atoms with Crippen molar-refractivity contribution in [3.63, 3.8) is 0 Å². The van der Waals surface area contributed by atoms with E-state index in [1.54, 1.807) is 13.0 Å². The first-order chi connectivity index (χ1) is 9.52. The molecule has 0 radical (unpaired) electrons. The number of hydrogen-bond acceptors (Lipinski definition) is 6. The molecule has 5 nitrogen and oxygen atoms in total. The lowest BCUT2D eigenvalue weighted by Crippen LogP contribution is -1.90. The van der Waals surface area contributed by atoms with E-state index in [9.17, 15) is 15.2 Å². The van der Waals surface area contributed by atoms with E-state index in [1.165, 1.54) is 17.8 Å². The monoisotopic (exact) mass is 311 g/mol. The van der Waals surface area contributed by atoms with Crippen LogP contribution in [0.4, 0.5) is 5.69 Å². The fourth-order valence-electron chi connectivity index (χ4n) is 1.59. The number of nitro groups is 1. The van der Waals surface area contributed by atoms with Gasteiger partial charge in [-0.25, -0.2) is 0 Å². The number of aliphatic hydroxyl groups excluding tert-OH is 1. The summed E-state index contributed by atoms with van der Waals surface area (Å²) < 4.78 is 5.67. The van der Waals surface area contributed by atoms with E-state index in [-0.39, 0.29) is 10.8 Å². The zero-order valence-electron chi connectivity index (χ0n) is 10.9. The summed E-state index contributed by atoms with van der Waals surface area (Å²) in [6.07, 6.45) is 1.15.